The van der Waals surface area contributed by atoms with Crippen molar-refractivity contribution in [3.63, 3.8) is 0 Å². The highest BCUT2D eigenvalue weighted by Gasteiger charge is 2.36. The number of carbonyl (C=O) groups excluding carboxylic acids is 1. The minimum absolute atomic E-state index is 0.0458. The van der Waals surface area contributed by atoms with Gasteiger partial charge in [-0.1, -0.05) is 0 Å². The average molecular weight is 354 g/mol. The molecule has 0 spiro atoms. The minimum atomic E-state index is -0.398. The zero-order chi connectivity index (χ0) is 18.1. The lowest BCUT2D eigenvalue weighted by Gasteiger charge is -2.38. The molecule has 0 saturated heterocycles. The topological polar surface area (TPSA) is 115 Å². The van der Waals surface area contributed by atoms with Gasteiger partial charge in [-0.2, -0.15) is 4.98 Å². The van der Waals surface area contributed by atoms with Gasteiger partial charge < -0.3 is 15.2 Å². The lowest BCUT2D eigenvalue weighted by atomic mass is 9.75. The molecule has 0 radical (unpaired) electrons. The number of methoxy groups -OCH3 is 1. The van der Waals surface area contributed by atoms with Crippen molar-refractivity contribution in [1.82, 2.24) is 29.9 Å². The van der Waals surface area contributed by atoms with Crippen molar-refractivity contribution in [3.8, 4) is 5.75 Å². The number of ether oxygens (including phenoxy) is 1. The van der Waals surface area contributed by atoms with Gasteiger partial charge in [-0.15, -0.1) is 5.10 Å². The van der Waals surface area contributed by atoms with Gasteiger partial charge in [-0.25, -0.2) is 9.50 Å². The fraction of sp³-hybridized carbons (Fsp3) is 0.353. The Morgan fingerprint density at radius 3 is 3.00 bits per heavy atom. The Morgan fingerprint density at radius 1 is 1.42 bits per heavy atom. The first-order chi connectivity index (χ1) is 12.6. The van der Waals surface area contributed by atoms with Gasteiger partial charge in [-0.3, -0.25) is 9.78 Å². The third kappa shape index (κ3) is 3.08. The van der Waals surface area contributed by atoms with Crippen molar-refractivity contribution in [1.29, 1.82) is 0 Å². The maximum atomic E-state index is 12.7. The smallest absolute Gasteiger partial charge is 0.291 e. The van der Waals surface area contributed by atoms with Gasteiger partial charge in [0.2, 0.25) is 5.82 Å². The van der Waals surface area contributed by atoms with E-state index in [1.54, 1.807) is 38.0 Å². The Bertz CT molecular complexity index is 904. The van der Waals surface area contributed by atoms with E-state index in [0.717, 1.165) is 5.56 Å². The number of hydrogen-bond acceptors (Lipinski definition) is 7. The zero-order valence-electron chi connectivity index (χ0n) is 14.1. The van der Waals surface area contributed by atoms with Gasteiger partial charge >= 0.3 is 0 Å². The van der Waals surface area contributed by atoms with Crippen LogP contribution in [0.3, 0.4) is 0 Å². The maximum absolute atomic E-state index is 12.7. The number of pyridine rings is 1. The van der Waals surface area contributed by atoms with Crippen LogP contribution in [0.5, 0.6) is 5.75 Å². The number of fused-ring (bicyclic) bond motifs is 1. The second-order valence-corrected chi connectivity index (χ2v) is 6.29. The second kappa shape index (κ2) is 6.68. The molecule has 1 atom stereocenters. The number of aliphatic hydroxyl groups excluding tert-OH is 1. The van der Waals surface area contributed by atoms with E-state index < -0.39 is 5.91 Å². The van der Waals surface area contributed by atoms with E-state index in [1.807, 2.05) is 6.07 Å². The molecular formula is C17H18N6O3. The van der Waals surface area contributed by atoms with Crippen LogP contribution in [0.1, 0.15) is 35.1 Å². The van der Waals surface area contributed by atoms with Crippen LogP contribution < -0.4 is 10.1 Å². The lowest BCUT2D eigenvalue weighted by Crippen LogP contribution is -2.41. The monoisotopic (exact) mass is 354 g/mol. The molecule has 3 aromatic rings. The second-order valence-electron chi connectivity index (χ2n) is 6.29. The van der Waals surface area contributed by atoms with Gasteiger partial charge in [0.25, 0.3) is 11.7 Å². The molecule has 1 amide bonds. The first kappa shape index (κ1) is 16.4. The minimum Gasteiger partial charge on any atom is -0.495 e. The number of aliphatic hydroxyl groups is 1. The molecule has 0 aromatic carbocycles. The van der Waals surface area contributed by atoms with Gasteiger partial charge in [-0.05, 0) is 36.5 Å². The van der Waals surface area contributed by atoms with Crippen LogP contribution >= 0.6 is 0 Å². The Hall–Kier alpha value is -3.07. The number of aromatic nitrogens is 5. The zero-order valence-corrected chi connectivity index (χ0v) is 14.1. The van der Waals surface area contributed by atoms with Crippen molar-refractivity contribution >= 4 is 11.7 Å². The van der Waals surface area contributed by atoms with Crippen molar-refractivity contribution < 1.29 is 14.6 Å². The van der Waals surface area contributed by atoms with Crippen LogP contribution in [0, 0.1) is 5.92 Å². The molecule has 4 rings (SSSR count). The van der Waals surface area contributed by atoms with Gasteiger partial charge in [0.15, 0.2) is 0 Å². The van der Waals surface area contributed by atoms with E-state index in [0.29, 0.717) is 24.4 Å². The maximum Gasteiger partial charge on any atom is 0.291 e. The van der Waals surface area contributed by atoms with Crippen LogP contribution in [-0.4, -0.2) is 48.8 Å². The molecular weight excluding hydrogens is 336 g/mol. The predicted molar refractivity (Wildman–Crippen MR) is 90.5 cm³/mol. The highest BCUT2D eigenvalue weighted by molar-refractivity contribution is 5.91. The molecule has 3 heterocycles. The van der Waals surface area contributed by atoms with Gasteiger partial charge in [0, 0.05) is 18.6 Å². The summed E-state index contributed by atoms with van der Waals surface area (Å²) >= 11 is 0. The van der Waals surface area contributed by atoms with Crippen LogP contribution in [0.2, 0.25) is 0 Å². The number of rotatable bonds is 5. The Balaban J connectivity index is 1.60. The van der Waals surface area contributed by atoms with E-state index in [2.05, 4.69) is 25.4 Å². The number of hydrogen-bond donors (Lipinski definition) is 2. The quantitative estimate of drug-likeness (QED) is 0.695. The summed E-state index contributed by atoms with van der Waals surface area (Å²) in [5.74, 6) is 0.722. The van der Waals surface area contributed by atoms with Gasteiger partial charge in [0.05, 0.1) is 25.5 Å². The molecule has 0 bridgehead atoms. The van der Waals surface area contributed by atoms with E-state index >= 15 is 0 Å². The van der Waals surface area contributed by atoms with Crippen LogP contribution in [0.4, 0.5) is 0 Å². The molecule has 0 unspecified atom stereocenters. The summed E-state index contributed by atoms with van der Waals surface area (Å²) in [4.78, 5) is 25.1. The van der Waals surface area contributed by atoms with E-state index in [4.69, 9.17) is 4.74 Å². The molecule has 9 nitrogen and oxygen atoms in total. The summed E-state index contributed by atoms with van der Waals surface area (Å²) in [7, 11) is 1.56. The van der Waals surface area contributed by atoms with Crippen LogP contribution in [0.25, 0.3) is 5.78 Å². The first-order valence-corrected chi connectivity index (χ1v) is 8.29. The van der Waals surface area contributed by atoms with Crippen molar-refractivity contribution in [2.45, 2.75) is 25.0 Å². The summed E-state index contributed by atoms with van der Waals surface area (Å²) < 4.78 is 6.67. The Morgan fingerprint density at radius 2 is 2.27 bits per heavy atom. The van der Waals surface area contributed by atoms with E-state index in [1.165, 1.54) is 4.52 Å². The molecule has 2 N–H and O–H groups in total. The molecule has 3 aromatic heterocycles. The van der Waals surface area contributed by atoms with E-state index in [9.17, 15) is 9.90 Å². The van der Waals surface area contributed by atoms with Crippen molar-refractivity contribution in [2.24, 2.45) is 5.92 Å². The largest absolute Gasteiger partial charge is 0.495 e. The number of nitrogens with zero attached hydrogens (tertiary/aromatic N) is 5. The fourth-order valence-electron chi connectivity index (χ4n) is 3.13. The summed E-state index contributed by atoms with van der Waals surface area (Å²) in [6.45, 7) is 0. The Kier molecular flexibility index (Phi) is 4.21. The number of amides is 1. The van der Waals surface area contributed by atoms with Crippen LogP contribution in [-0.2, 0) is 0 Å². The molecule has 1 fully saturated rings. The molecule has 1 aliphatic carbocycles. The summed E-state index contributed by atoms with van der Waals surface area (Å²) in [6, 6.07) is 3.23. The summed E-state index contributed by atoms with van der Waals surface area (Å²) in [5.41, 5.74) is 0.816. The highest BCUT2D eigenvalue weighted by Crippen LogP contribution is 2.38. The molecule has 9 heteroatoms. The van der Waals surface area contributed by atoms with Crippen molar-refractivity contribution in [3.05, 3.63) is 48.3 Å². The van der Waals surface area contributed by atoms with Crippen LogP contribution in [0.15, 0.2) is 36.9 Å². The fourth-order valence-corrected chi connectivity index (χ4v) is 3.13. The highest BCUT2D eigenvalue weighted by atomic mass is 16.5. The third-order valence-electron chi connectivity index (χ3n) is 4.56. The molecule has 26 heavy (non-hydrogen) atoms. The molecule has 0 aliphatic heterocycles. The average Bonchev–Trinajstić information content (AvgIpc) is 3.08. The molecule has 1 aliphatic rings. The third-order valence-corrected chi connectivity index (χ3v) is 4.56. The SMILES string of the molecule is COc1cncc([C@H](NC(=O)c2nc3ncccn3n2)C2CC(O)C2)c1. The van der Waals surface area contributed by atoms with Crippen molar-refractivity contribution in [2.75, 3.05) is 7.11 Å². The predicted octanol–water partition coefficient (Wildman–Crippen LogP) is 0.770. The Labute approximate surface area is 149 Å². The number of carbonyl (C=O) groups is 1. The molecule has 134 valence electrons. The van der Waals surface area contributed by atoms with Gasteiger partial charge in [0.1, 0.15) is 5.75 Å². The van der Waals surface area contributed by atoms with E-state index in [-0.39, 0.29) is 23.9 Å². The summed E-state index contributed by atoms with van der Waals surface area (Å²) in [5, 5.41) is 16.8. The standard InChI is InChI=1S/C17H18N6O3/c1-26-13-7-11(8-18-9-13)14(10-5-12(24)6-10)20-16(25)15-21-17-19-3-2-4-23(17)22-15/h2-4,7-10,12,14,24H,5-6H2,1H3,(H,20,25)/t10?,12?,14-/m1/s1. The first-order valence-electron chi connectivity index (χ1n) is 8.29. The summed E-state index contributed by atoms with van der Waals surface area (Å²) in [6.07, 6.45) is 7.45. The molecule has 1 saturated carbocycles. The lowest BCUT2D eigenvalue weighted by molar-refractivity contribution is 0.0233. The number of nitrogens with one attached hydrogen (secondary N) is 1. The normalized spacial score (nSPS) is 20.4.